The van der Waals surface area contributed by atoms with E-state index in [0.29, 0.717) is 41.1 Å². The molecule has 1 amide bonds. The van der Waals surface area contributed by atoms with Gasteiger partial charge in [0, 0.05) is 41.5 Å². The molecule has 0 radical (unpaired) electrons. The first-order valence-electron chi connectivity index (χ1n) is 13.4. The van der Waals surface area contributed by atoms with Crippen molar-refractivity contribution < 1.29 is 24.6 Å². The highest BCUT2D eigenvalue weighted by molar-refractivity contribution is 6.30. The molecular formula is C30H31ClN6O5. The third-order valence-corrected chi connectivity index (χ3v) is 6.93. The summed E-state index contributed by atoms with van der Waals surface area (Å²) in [7, 11) is 0. The van der Waals surface area contributed by atoms with Crippen molar-refractivity contribution in [1.82, 2.24) is 14.6 Å². The number of rotatable bonds is 8. The minimum atomic E-state index is -1.26. The van der Waals surface area contributed by atoms with Gasteiger partial charge in [-0.1, -0.05) is 35.9 Å². The van der Waals surface area contributed by atoms with E-state index < -0.39 is 11.9 Å². The number of halogens is 1. The molecule has 0 bridgehead atoms. The largest absolute Gasteiger partial charge is 0.478 e. The number of benzene rings is 2. The number of piperidine rings is 1. The topological polar surface area (TPSA) is 163 Å². The van der Waals surface area contributed by atoms with Crippen LogP contribution in [0.4, 0.5) is 11.4 Å². The number of aliphatic carboxylic acids is 2. The SMILES string of the molecule is NCCC1CCCCN1c1ccccc1NC(=O)c1ccn2ncc(-c3cccc(Cl)c3)c2n1.O=C(O)/C=C/C(=O)O. The Bertz CT molecular complexity index is 1590. The summed E-state index contributed by atoms with van der Waals surface area (Å²) in [4.78, 5) is 39.4. The van der Waals surface area contributed by atoms with E-state index >= 15 is 0 Å². The summed E-state index contributed by atoms with van der Waals surface area (Å²) in [5, 5.41) is 23.7. The van der Waals surface area contributed by atoms with E-state index in [-0.39, 0.29) is 5.91 Å². The molecule has 5 N–H and O–H groups in total. The molecule has 0 spiro atoms. The Morgan fingerprint density at radius 3 is 2.52 bits per heavy atom. The van der Waals surface area contributed by atoms with Gasteiger partial charge >= 0.3 is 11.9 Å². The van der Waals surface area contributed by atoms with E-state index in [4.69, 9.17) is 27.5 Å². The first-order chi connectivity index (χ1) is 20.3. The van der Waals surface area contributed by atoms with Gasteiger partial charge in [0.15, 0.2) is 5.65 Å². The Balaban J connectivity index is 0.000000446. The van der Waals surface area contributed by atoms with Crippen molar-refractivity contribution in [2.75, 3.05) is 23.3 Å². The maximum Gasteiger partial charge on any atom is 0.328 e. The second-order valence-electron chi connectivity index (χ2n) is 9.55. The van der Waals surface area contributed by atoms with Gasteiger partial charge in [-0.15, -0.1) is 0 Å². The van der Waals surface area contributed by atoms with Crippen molar-refractivity contribution in [3.63, 3.8) is 0 Å². The lowest BCUT2D eigenvalue weighted by Gasteiger charge is -2.38. The zero-order valence-electron chi connectivity index (χ0n) is 22.7. The Labute approximate surface area is 247 Å². The zero-order chi connectivity index (χ0) is 30.1. The fourth-order valence-corrected chi connectivity index (χ4v) is 5.01. The number of carboxylic acid groups (broad SMARTS) is 2. The summed E-state index contributed by atoms with van der Waals surface area (Å²) in [6, 6.07) is 17.5. The van der Waals surface area contributed by atoms with Gasteiger partial charge in [0.05, 0.1) is 17.6 Å². The molecule has 0 saturated carbocycles. The normalized spacial score (nSPS) is 14.8. The quantitative estimate of drug-likeness (QED) is 0.213. The minimum absolute atomic E-state index is 0.263. The molecule has 1 fully saturated rings. The van der Waals surface area contributed by atoms with Crippen LogP contribution in [-0.2, 0) is 9.59 Å². The highest BCUT2D eigenvalue weighted by Crippen LogP contribution is 2.33. The number of aromatic nitrogens is 3. The molecule has 3 heterocycles. The highest BCUT2D eigenvalue weighted by atomic mass is 35.5. The van der Waals surface area contributed by atoms with Gasteiger partial charge in [0.2, 0.25) is 0 Å². The first-order valence-corrected chi connectivity index (χ1v) is 13.8. The molecular weight excluding hydrogens is 560 g/mol. The van der Waals surface area contributed by atoms with Crippen molar-refractivity contribution in [3.8, 4) is 11.1 Å². The smallest absolute Gasteiger partial charge is 0.328 e. The maximum absolute atomic E-state index is 13.3. The van der Waals surface area contributed by atoms with Gasteiger partial charge in [-0.3, -0.25) is 4.79 Å². The zero-order valence-corrected chi connectivity index (χ0v) is 23.4. The van der Waals surface area contributed by atoms with Crippen molar-refractivity contribution in [2.24, 2.45) is 5.73 Å². The number of hydrogen-bond donors (Lipinski definition) is 4. The fourth-order valence-electron chi connectivity index (χ4n) is 4.82. The Kier molecular flexibility index (Phi) is 10.2. The number of nitrogens with one attached hydrogen (secondary N) is 1. The fraction of sp³-hybridized carbons (Fsp3) is 0.233. The van der Waals surface area contributed by atoms with E-state index in [9.17, 15) is 14.4 Å². The van der Waals surface area contributed by atoms with E-state index in [1.54, 1.807) is 23.0 Å². The third-order valence-electron chi connectivity index (χ3n) is 6.69. The summed E-state index contributed by atoms with van der Waals surface area (Å²) >= 11 is 6.17. The predicted molar refractivity (Wildman–Crippen MR) is 161 cm³/mol. The molecule has 2 aromatic heterocycles. The third kappa shape index (κ3) is 7.71. The average molecular weight is 591 g/mol. The molecule has 12 heteroatoms. The van der Waals surface area contributed by atoms with Crippen molar-refractivity contribution in [3.05, 3.63) is 89.9 Å². The molecule has 1 unspecified atom stereocenters. The first kappa shape index (κ1) is 30.2. The van der Waals surface area contributed by atoms with E-state index in [0.717, 1.165) is 48.3 Å². The number of amides is 1. The lowest BCUT2D eigenvalue weighted by molar-refractivity contribution is -0.134. The average Bonchev–Trinajstić information content (AvgIpc) is 3.41. The molecule has 4 aromatic rings. The summed E-state index contributed by atoms with van der Waals surface area (Å²) < 4.78 is 1.66. The number of nitrogens with zero attached hydrogens (tertiary/aromatic N) is 4. The van der Waals surface area contributed by atoms with E-state index in [1.165, 1.54) is 6.42 Å². The second-order valence-corrected chi connectivity index (χ2v) is 9.99. The molecule has 2 aromatic carbocycles. The van der Waals surface area contributed by atoms with Gasteiger partial charge in [-0.2, -0.15) is 5.10 Å². The number of carbonyl (C=O) groups is 3. The van der Waals surface area contributed by atoms with Gasteiger partial charge < -0.3 is 26.2 Å². The van der Waals surface area contributed by atoms with Gasteiger partial charge in [0.1, 0.15) is 5.69 Å². The van der Waals surface area contributed by atoms with Crippen LogP contribution in [0.5, 0.6) is 0 Å². The molecule has 218 valence electrons. The van der Waals surface area contributed by atoms with Crippen molar-refractivity contribution in [1.29, 1.82) is 0 Å². The molecule has 1 aliphatic heterocycles. The molecule has 42 heavy (non-hydrogen) atoms. The van der Waals surface area contributed by atoms with Crippen molar-refractivity contribution >= 4 is 46.5 Å². The molecule has 1 saturated heterocycles. The second kappa shape index (κ2) is 14.2. The lowest BCUT2D eigenvalue weighted by atomic mass is 9.98. The van der Waals surface area contributed by atoms with Crippen LogP contribution in [0.25, 0.3) is 16.8 Å². The Hall–Kier alpha value is -4.74. The number of hydrogen-bond acceptors (Lipinski definition) is 7. The number of carboxylic acids is 2. The van der Waals surface area contributed by atoms with Gasteiger partial charge in [-0.25, -0.2) is 19.1 Å². The minimum Gasteiger partial charge on any atom is -0.478 e. The summed E-state index contributed by atoms with van der Waals surface area (Å²) in [5.74, 6) is -2.78. The van der Waals surface area contributed by atoms with Crippen LogP contribution in [0.15, 0.2) is 79.1 Å². The monoisotopic (exact) mass is 590 g/mol. The maximum atomic E-state index is 13.3. The van der Waals surface area contributed by atoms with E-state index in [1.807, 2.05) is 42.5 Å². The Morgan fingerprint density at radius 2 is 1.81 bits per heavy atom. The number of carbonyl (C=O) groups excluding carboxylic acids is 1. The van der Waals surface area contributed by atoms with Crippen LogP contribution in [-0.4, -0.2) is 61.8 Å². The summed E-state index contributed by atoms with van der Waals surface area (Å²) in [5.41, 5.74) is 10.3. The molecule has 1 atom stereocenters. The Morgan fingerprint density at radius 1 is 1.05 bits per heavy atom. The summed E-state index contributed by atoms with van der Waals surface area (Å²) in [6.07, 6.45) is 9.00. The van der Waals surface area contributed by atoms with Crippen LogP contribution in [0.1, 0.15) is 36.2 Å². The van der Waals surface area contributed by atoms with Crippen molar-refractivity contribution in [2.45, 2.75) is 31.7 Å². The molecule has 1 aliphatic rings. The van der Waals surface area contributed by atoms with E-state index in [2.05, 4.69) is 26.4 Å². The molecule has 0 aliphatic carbocycles. The van der Waals surface area contributed by atoms with Gasteiger partial charge in [0.25, 0.3) is 5.91 Å². The standard InChI is InChI=1S/C26H27ClN6O.C4H4O4/c27-19-7-5-6-18(16-19)21-17-29-33-15-12-23(30-25(21)33)26(34)31-22-9-1-2-10-24(22)32-14-4-3-8-20(32)11-13-28;5-3(6)1-2-4(7)8/h1-2,5-7,9-10,12,15-17,20H,3-4,8,11,13-14,28H2,(H,31,34);1-2H,(H,5,6)(H,7,8)/b;2-1+. The van der Waals surface area contributed by atoms with Crippen LogP contribution < -0.4 is 16.0 Å². The van der Waals surface area contributed by atoms with Crippen LogP contribution in [0, 0.1) is 0 Å². The van der Waals surface area contributed by atoms with Crippen LogP contribution in [0.2, 0.25) is 5.02 Å². The lowest BCUT2D eigenvalue weighted by Crippen LogP contribution is -2.41. The number of anilines is 2. The molecule has 5 rings (SSSR count). The van der Waals surface area contributed by atoms with Crippen LogP contribution >= 0.6 is 11.6 Å². The van der Waals surface area contributed by atoms with Crippen LogP contribution in [0.3, 0.4) is 0 Å². The predicted octanol–water partition coefficient (Wildman–Crippen LogP) is 4.72. The number of fused-ring (bicyclic) bond motifs is 1. The summed E-state index contributed by atoms with van der Waals surface area (Å²) in [6.45, 7) is 1.61. The number of para-hydroxylation sites is 2. The number of nitrogens with two attached hydrogens (primary N) is 1. The van der Waals surface area contributed by atoms with Gasteiger partial charge in [-0.05, 0) is 68.1 Å². The highest BCUT2D eigenvalue weighted by Gasteiger charge is 2.24. The molecule has 11 nitrogen and oxygen atoms in total.